The Balaban J connectivity index is 2.25. The van der Waals surface area contributed by atoms with Gasteiger partial charge in [-0.1, -0.05) is 37.4 Å². The van der Waals surface area contributed by atoms with Crippen molar-refractivity contribution in [2.24, 2.45) is 11.8 Å². The molecule has 1 saturated carbocycles. The van der Waals surface area contributed by atoms with Crippen LogP contribution >= 0.6 is 23.2 Å². The maximum absolute atomic E-state index is 6.70. The van der Waals surface area contributed by atoms with Crippen LogP contribution in [-0.2, 0) is 0 Å². The third-order valence-corrected chi connectivity index (χ3v) is 5.24. The normalized spacial score (nSPS) is 24.2. The lowest BCUT2D eigenvalue weighted by molar-refractivity contribution is 0.280. The van der Waals surface area contributed by atoms with E-state index in [1.807, 2.05) is 12.1 Å². The molecule has 0 amide bonds. The minimum atomic E-state index is -0.0548. The summed E-state index contributed by atoms with van der Waals surface area (Å²) in [6.07, 6.45) is 4.84. The molecule has 0 N–H and O–H groups in total. The maximum atomic E-state index is 6.70. The van der Waals surface area contributed by atoms with E-state index < -0.39 is 0 Å². The Morgan fingerprint density at radius 2 is 1.75 bits per heavy atom. The Morgan fingerprint density at radius 3 is 2.30 bits per heavy atom. The highest BCUT2D eigenvalue weighted by atomic mass is 35.5. The van der Waals surface area contributed by atoms with Gasteiger partial charge in [-0.2, -0.15) is 0 Å². The largest absolute Gasteiger partial charge is 0.495 e. The summed E-state index contributed by atoms with van der Waals surface area (Å²) in [5, 5.41) is 0.447. The lowest BCUT2D eigenvalue weighted by Gasteiger charge is -2.30. The molecule has 0 bridgehead atoms. The highest BCUT2D eigenvalue weighted by Crippen LogP contribution is 2.47. The standard InChI is InChI=1S/C16H22Cl2O2/c1-10-4-6-11(7-5-10)14(17)12-8-9-13(19-2)15(18)16(12)20-3/h8-11,14H,4-7H2,1-3H3. The number of ether oxygens (including phenoxy) is 2. The highest BCUT2D eigenvalue weighted by molar-refractivity contribution is 6.34. The number of rotatable bonds is 4. The van der Waals surface area contributed by atoms with Crippen LogP contribution < -0.4 is 9.47 Å². The van der Waals surface area contributed by atoms with E-state index in [0.717, 1.165) is 11.5 Å². The van der Waals surface area contributed by atoms with Crippen LogP contribution in [0.4, 0.5) is 0 Å². The fourth-order valence-electron chi connectivity index (χ4n) is 2.97. The van der Waals surface area contributed by atoms with Gasteiger partial charge in [-0.3, -0.25) is 0 Å². The summed E-state index contributed by atoms with van der Waals surface area (Å²) in [5.41, 5.74) is 0.972. The predicted molar refractivity (Wildman–Crippen MR) is 84.3 cm³/mol. The Labute approximate surface area is 131 Å². The predicted octanol–water partition coefficient (Wildman–Crippen LogP) is 5.46. The molecule has 4 heteroatoms. The van der Waals surface area contributed by atoms with Gasteiger partial charge in [0.1, 0.15) is 16.5 Å². The van der Waals surface area contributed by atoms with Gasteiger partial charge in [-0.15, -0.1) is 11.6 Å². The van der Waals surface area contributed by atoms with E-state index in [9.17, 15) is 0 Å². The SMILES string of the molecule is COc1ccc(C(Cl)C2CCC(C)CC2)c(OC)c1Cl. The van der Waals surface area contributed by atoms with Gasteiger partial charge in [0.25, 0.3) is 0 Å². The molecule has 2 rings (SSSR count). The van der Waals surface area contributed by atoms with Crippen LogP contribution in [-0.4, -0.2) is 14.2 Å². The number of halogens is 2. The van der Waals surface area contributed by atoms with E-state index in [-0.39, 0.29) is 5.38 Å². The Hall–Kier alpha value is -0.600. The topological polar surface area (TPSA) is 18.5 Å². The smallest absolute Gasteiger partial charge is 0.145 e. The van der Waals surface area contributed by atoms with Crippen LogP contribution in [0.3, 0.4) is 0 Å². The first kappa shape index (κ1) is 15.8. The van der Waals surface area contributed by atoms with E-state index in [4.69, 9.17) is 32.7 Å². The average molecular weight is 317 g/mol. The van der Waals surface area contributed by atoms with E-state index >= 15 is 0 Å². The molecule has 1 aromatic carbocycles. The van der Waals surface area contributed by atoms with E-state index in [1.54, 1.807) is 14.2 Å². The first-order valence-electron chi connectivity index (χ1n) is 7.12. The molecule has 0 aliphatic heterocycles. The van der Waals surface area contributed by atoms with Gasteiger partial charge in [0.2, 0.25) is 0 Å². The van der Waals surface area contributed by atoms with E-state index in [0.29, 0.717) is 22.4 Å². The molecule has 20 heavy (non-hydrogen) atoms. The fraction of sp³-hybridized carbons (Fsp3) is 0.625. The van der Waals surface area contributed by atoms with Crippen LogP contribution in [0.1, 0.15) is 43.5 Å². The zero-order chi connectivity index (χ0) is 14.7. The molecule has 2 nitrogen and oxygen atoms in total. The Morgan fingerprint density at radius 1 is 1.10 bits per heavy atom. The average Bonchev–Trinajstić information content (AvgIpc) is 2.47. The van der Waals surface area contributed by atoms with Crippen LogP contribution in [0.5, 0.6) is 11.5 Å². The quantitative estimate of drug-likeness (QED) is 0.686. The van der Waals surface area contributed by atoms with Crippen molar-refractivity contribution in [1.82, 2.24) is 0 Å². The van der Waals surface area contributed by atoms with Gasteiger partial charge >= 0.3 is 0 Å². The van der Waals surface area contributed by atoms with Crippen molar-refractivity contribution in [1.29, 1.82) is 0 Å². The molecular weight excluding hydrogens is 295 g/mol. The van der Waals surface area contributed by atoms with Gasteiger partial charge in [0.15, 0.2) is 0 Å². The first-order valence-corrected chi connectivity index (χ1v) is 7.94. The summed E-state index contributed by atoms with van der Waals surface area (Å²) in [5.74, 6) is 2.57. The van der Waals surface area contributed by atoms with Crippen molar-refractivity contribution >= 4 is 23.2 Å². The van der Waals surface area contributed by atoms with Gasteiger partial charge < -0.3 is 9.47 Å². The third-order valence-electron chi connectivity index (χ3n) is 4.29. The molecular formula is C16H22Cl2O2. The molecule has 0 aromatic heterocycles. The molecule has 0 radical (unpaired) electrons. The molecule has 112 valence electrons. The van der Waals surface area contributed by atoms with Crippen molar-refractivity contribution in [2.45, 2.75) is 38.0 Å². The zero-order valence-corrected chi connectivity index (χ0v) is 13.8. The van der Waals surface area contributed by atoms with Gasteiger partial charge in [0.05, 0.1) is 19.6 Å². The first-order chi connectivity index (χ1) is 9.58. The molecule has 0 heterocycles. The maximum Gasteiger partial charge on any atom is 0.145 e. The lowest BCUT2D eigenvalue weighted by Crippen LogP contribution is -2.17. The van der Waals surface area contributed by atoms with Crippen LogP contribution in [0.2, 0.25) is 5.02 Å². The Bertz CT molecular complexity index is 454. The molecule has 1 unspecified atom stereocenters. The van der Waals surface area contributed by atoms with Crippen molar-refractivity contribution in [2.75, 3.05) is 14.2 Å². The van der Waals surface area contributed by atoms with Crippen LogP contribution in [0.25, 0.3) is 0 Å². The fourth-order valence-corrected chi connectivity index (χ4v) is 3.72. The molecule has 1 aliphatic carbocycles. The number of benzene rings is 1. The van der Waals surface area contributed by atoms with Crippen LogP contribution in [0, 0.1) is 11.8 Å². The second-order valence-corrected chi connectivity index (χ2v) is 6.47. The molecule has 0 saturated heterocycles. The summed E-state index contributed by atoms with van der Waals surface area (Å²) >= 11 is 13.0. The second-order valence-electron chi connectivity index (χ2n) is 5.63. The van der Waals surface area contributed by atoms with Gasteiger partial charge in [0, 0.05) is 5.56 Å². The third kappa shape index (κ3) is 3.17. The lowest BCUT2D eigenvalue weighted by atomic mass is 9.79. The number of hydrogen-bond acceptors (Lipinski definition) is 2. The monoisotopic (exact) mass is 316 g/mol. The van der Waals surface area contributed by atoms with Crippen molar-refractivity contribution in [3.05, 3.63) is 22.7 Å². The minimum Gasteiger partial charge on any atom is -0.495 e. The van der Waals surface area contributed by atoms with Crippen LogP contribution in [0.15, 0.2) is 12.1 Å². The molecule has 0 spiro atoms. The molecule has 1 atom stereocenters. The number of alkyl halides is 1. The second kappa shape index (κ2) is 6.91. The zero-order valence-electron chi connectivity index (χ0n) is 12.3. The van der Waals surface area contributed by atoms with Gasteiger partial charge in [-0.05, 0) is 30.7 Å². The summed E-state index contributed by atoms with van der Waals surface area (Å²) in [6, 6.07) is 3.83. The van der Waals surface area contributed by atoms with Crippen molar-refractivity contribution in [3.63, 3.8) is 0 Å². The molecule has 1 fully saturated rings. The van der Waals surface area contributed by atoms with E-state index in [2.05, 4.69) is 6.92 Å². The van der Waals surface area contributed by atoms with E-state index in [1.165, 1.54) is 25.7 Å². The number of hydrogen-bond donors (Lipinski definition) is 0. The Kier molecular flexibility index (Phi) is 5.45. The van der Waals surface area contributed by atoms with Crippen molar-refractivity contribution < 1.29 is 9.47 Å². The molecule has 1 aliphatic rings. The van der Waals surface area contributed by atoms with Crippen molar-refractivity contribution in [3.8, 4) is 11.5 Å². The van der Waals surface area contributed by atoms with Gasteiger partial charge in [-0.25, -0.2) is 0 Å². The highest BCUT2D eigenvalue weighted by Gasteiger charge is 2.29. The summed E-state index contributed by atoms with van der Waals surface area (Å²) in [7, 11) is 3.22. The summed E-state index contributed by atoms with van der Waals surface area (Å²) in [4.78, 5) is 0. The molecule has 1 aromatic rings. The minimum absolute atomic E-state index is 0.0548. The number of methoxy groups -OCH3 is 2. The summed E-state index contributed by atoms with van der Waals surface area (Å²) in [6.45, 7) is 2.31. The summed E-state index contributed by atoms with van der Waals surface area (Å²) < 4.78 is 10.7.